The molecule has 1 N–H and O–H groups in total. The van der Waals surface area contributed by atoms with Crippen molar-refractivity contribution in [1.29, 1.82) is 0 Å². The molecule has 2 heterocycles. The Bertz CT molecular complexity index is 1390. The smallest absolute Gasteiger partial charge is 0.335 e. The van der Waals surface area contributed by atoms with E-state index in [0.717, 1.165) is 21.2 Å². The van der Waals surface area contributed by atoms with Crippen LogP contribution in [-0.2, 0) is 4.79 Å². The lowest BCUT2D eigenvalue weighted by molar-refractivity contribution is -0.133. The van der Waals surface area contributed by atoms with Crippen LogP contribution < -0.4 is 4.74 Å². The lowest BCUT2D eigenvalue weighted by Crippen LogP contribution is -2.33. The van der Waals surface area contributed by atoms with Crippen molar-refractivity contribution in [1.82, 2.24) is 4.90 Å². The number of hydrogen-bond acceptors (Lipinski definition) is 5. The SMILES string of the molecule is COc1ccc2ccccc2c1[C@H]1C(C(=O)O)=C(C)N=C2SC(c3c(Cl)cccc3Cl)=CN21. The Morgan fingerprint density at radius 1 is 1.09 bits per heavy atom. The molecule has 2 aliphatic rings. The normalized spacial score (nSPS) is 17.7. The molecule has 0 radical (unpaired) electrons. The molecule has 2 aliphatic heterocycles. The van der Waals surface area contributed by atoms with Gasteiger partial charge in [0.1, 0.15) is 5.75 Å². The van der Waals surface area contributed by atoms with Crippen LogP contribution in [0.2, 0.25) is 10.0 Å². The van der Waals surface area contributed by atoms with Crippen LogP contribution in [0.25, 0.3) is 15.7 Å². The number of allylic oxidation sites excluding steroid dienone is 1. The van der Waals surface area contributed by atoms with E-state index in [1.165, 1.54) is 11.8 Å². The molecule has 3 aromatic rings. The van der Waals surface area contributed by atoms with Gasteiger partial charge in [0.2, 0.25) is 0 Å². The number of ether oxygens (including phenoxy) is 1. The second kappa shape index (κ2) is 8.45. The van der Waals surface area contributed by atoms with E-state index >= 15 is 0 Å². The number of methoxy groups -OCH3 is 1. The molecule has 166 valence electrons. The van der Waals surface area contributed by atoms with E-state index in [1.807, 2.05) is 47.5 Å². The number of aliphatic carboxylic acids is 1. The van der Waals surface area contributed by atoms with Crippen LogP contribution in [0.4, 0.5) is 0 Å². The maximum absolute atomic E-state index is 12.5. The summed E-state index contributed by atoms with van der Waals surface area (Å²) < 4.78 is 5.72. The molecule has 3 aromatic carbocycles. The molecule has 0 spiro atoms. The van der Waals surface area contributed by atoms with Crippen LogP contribution in [0.15, 0.2) is 77.1 Å². The summed E-state index contributed by atoms with van der Waals surface area (Å²) in [6.07, 6.45) is 1.87. The third-order valence-corrected chi connectivity index (χ3v) is 7.39. The maximum atomic E-state index is 12.5. The minimum Gasteiger partial charge on any atom is -0.496 e. The molecule has 8 heteroatoms. The number of nitrogens with zero attached hydrogens (tertiary/aromatic N) is 2. The van der Waals surface area contributed by atoms with Crippen molar-refractivity contribution in [2.45, 2.75) is 13.0 Å². The Labute approximate surface area is 205 Å². The number of carboxylic acids is 1. The van der Waals surface area contributed by atoms with Gasteiger partial charge >= 0.3 is 5.97 Å². The summed E-state index contributed by atoms with van der Waals surface area (Å²) in [5, 5.41) is 13.8. The average Bonchev–Trinajstić information content (AvgIpc) is 3.20. The predicted molar refractivity (Wildman–Crippen MR) is 135 cm³/mol. The van der Waals surface area contributed by atoms with E-state index in [9.17, 15) is 9.90 Å². The highest BCUT2D eigenvalue weighted by molar-refractivity contribution is 8.22. The first-order valence-corrected chi connectivity index (χ1v) is 11.7. The summed E-state index contributed by atoms with van der Waals surface area (Å²) in [5.74, 6) is -0.424. The minimum absolute atomic E-state index is 0.191. The summed E-state index contributed by atoms with van der Waals surface area (Å²) >= 11 is 14.4. The highest BCUT2D eigenvalue weighted by Crippen LogP contribution is 2.51. The quantitative estimate of drug-likeness (QED) is 0.422. The van der Waals surface area contributed by atoms with E-state index in [1.54, 1.807) is 32.2 Å². The Balaban J connectivity index is 1.77. The van der Waals surface area contributed by atoms with Crippen LogP contribution in [0, 0.1) is 0 Å². The third kappa shape index (κ3) is 3.59. The van der Waals surface area contributed by atoms with Crippen LogP contribution in [0.1, 0.15) is 24.1 Å². The molecule has 0 unspecified atom stereocenters. The van der Waals surface area contributed by atoms with E-state index < -0.39 is 12.0 Å². The van der Waals surface area contributed by atoms with E-state index in [-0.39, 0.29) is 5.57 Å². The van der Waals surface area contributed by atoms with Crippen molar-refractivity contribution >= 4 is 61.8 Å². The molecule has 0 saturated heterocycles. The maximum Gasteiger partial charge on any atom is 0.335 e. The van der Waals surface area contributed by atoms with Crippen molar-refractivity contribution < 1.29 is 14.6 Å². The zero-order valence-electron chi connectivity index (χ0n) is 17.7. The molecule has 0 bridgehead atoms. The van der Waals surface area contributed by atoms with Gasteiger partial charge in [0, 0.05) is 22.2 Å². The number of halogens is 2. The van der Waals surface area contributed by atoms with E-state index in [4.69, 9.17) is 27.9 Å². The van der Waals surface area contributed by atoms with Gasteiger partial charge in [0.15, 0.2) is 5.17 Å². The standard InChI is InChI=1S/C25H18Cl2N2O3S/c1-13-20(24(30)31)23(21-15-7-4-3-6-14(15)10-11-18(21)32-2)29-12-19(33-25(29)28-13)22-16(26)8-5-9-17(22)27/h3-12,23H,1-2H3,(H,30,31)/t23-/m1/s1. The highest BCUT2D eigenvalue weighted by Gasteiger charge is 2.41. The third-order valence-electron chi connectivity index (χ3n) is 5.75. The number of carboxylic acid groups (broad SMARTS) is 1. The number of rotatable bonds is 4. The summed E-state index contributed by atoms with van der Waals surface area (Å²) in [5.41, 5.74) is 2.10. The largest absolute Gasteiger partial charge is 0.496 e. The second-order valence-corrected chi connectivity index (χ2v) is 9.43. The Morgan fingerprint density at radius 2 is 1.82 bits per heavy atom. The zero-order valence-corrected chi connectivity index (χ0v) is 20.0. The molecular weight excluding hydrogens is 479 g/mol. The van der Waals surface area contributed by atoms with Gasteiger partial charge < -0.3 is 14.7 Å². The molecule has 0 saturated carbocycles. The number of amidine groups is 1. The molecular formula is C25H18Cl2N2O3S. The summed E-state index contributed by atoms with van der Waals surface area (Å²) in [4.78, 5) is 19.8. The van der Waals surface area contributed by atoms with Gasteiger partial charge in [0.05, 0.1) is 34.5 Å². The molecule has 5 rings (SSSR count). The number of thioether (sulfide) groups is 1. The molecule has 33 heavy (non-hydrogen) atoms. The fourth-order valence-corrected chi connectivity index (χ4v) is 6.15. The first-order chi connectivity index (χ1) is 15.9. The molecule has 0 aromatic heterocycles. The number of fused-ring (bicyclic) bond motifs is 2. The van der Waals surface area contributed by atoms with Gasteiger partial charge in [-0.25, -0.2) is 9.79 Å². The summed E-state index contributed by atoms with van der Waals surface area (Å²) in [7, 11) is 1.59. The first kappa shape index (κ1) is 21.9. The first-order valence-electron chi connectivity index (χ1n) is 10.1. The van der Waals surface area contributed by atoms with E-state index in [0.29, 0.717) is 32.2 Å². The van der Waals surface area contributed by atoms with Gasteiger partial charge in [-0.05, 0) is 47.7 Å². The van der Waals surface area contributed by atoms with Crippen LogP contribution in [0.3, 0.4) is 0 Å². The molecule has 0 aliphatic carbocycles. The number of carbonyl (C=O) groups is 1. The minimum atomic E-state index is -1.03. The molecule has 1 atom stereocenters. The van der Waals surface area contributed by atoms with E-state index in [2.05, 4.69) is 4.99 Å². The average molecular weight is 497 g/mol. The number of hydrogen-bond donors (Lipinski definition) is 1. The van der Waals surface area contributed by atoms with Crippen molar-refractivity contribution in [2.75, 3.05) is 7.11 Å². The number of benzene rings is 3. The van der Waals surface area contributed by atoms with Crippen LogP contribution in [0.5, 0.6) is 5.75 Å². The zero-order chi connectivity index (χ0) is 23.3. The van der Waals surface area contributed by atoms with Crippen molar-refractivity contribution in [3.8, 4) is 5.75 Å². The Hall–Kier alpha value is -2.93. The van der Waals surface area contributed by atoms with Gasteiger partial charge in [-0.2, -0.15) is 0 Å². The van der Waals surface area contributed by atoms with Crippen LogP contribution >= 0.6 is 35.0 Å². The van der Waals surface area contributed by atoms with Crippen LogP contribution in [-0.4, -0.2) is 28.3 Å². The molecule has 0 fully saturated rings. The lowest BCUT2D eigenvalue weighted by Gasteiger charge is -2.34. The fourth-order valence-electron chi connectivity index (χ4n) is 4.30. The Kier molecular flexibility index (Phi) is 5.60. The summed E-state index contributed by atoms with van der Waals surface area (Å²) in [6.45, 7) is 1.72. The molecule has 5 nitrogen and oxygen atoms in total. The van der Waals surface area contributed by atoms with Gasteiger partial charge in [-0.1, -0.05) is 59.6 Å². The van der Waals surface area contributed by atoms with Gasteiger partial charge in [-0.3, -0.25) is 0 Å². The highest BCUT2D eigenvalue weighted by atomic mass is 35.5. The van der Waals surface area contributed by atoms with Gasteiger partial charge in [-0.15, -0.1) is 0 Å². The number of aliphatic imine (C=N–C) groups is 1. The van der Waals surface area contributed by atoms with Crippen molar-refractivity contribution in [3.05, 3.63) is 93.2 Å². The van der Waals surface area contributed by atoms with Crippen molar-refractivity contribution in [3.63, 3.8) is 0 Å². The van der Waals surface area contributed by atoms with Crippen molar-refractivity contribution in [2.24, 2.45) is 4.99 Å². The van der Waals surface area contributed by atoms with Gasteiger partial charge in [0.25, 0.3) is 0 Å². The predicted octanol–water partition coefficient (Wildman–Crippen LogP) is 6.97. The molecule has 0 amide bonds. The topological polar surface area (TPSA) is 62.1 Å². The summed E-state index contributed by atoms with van der Waals surface area (Å²) in [6, 6.07) is 16.4. The second-order valence-electron chi connectivity index (χ2n) is 7.60. The monoisotopic (exact) mass is 496 g/mol. The Morgan fingerprint density at radius 3 is 2.52 bits per heavy atom. The fraction of sp³-hybridized carbons (Fsp3) is 0.120. The lowest BCUT2D eigenvalue weighted by atomic mass is 9.90.